The Hall–Kier alpha value is -2.23. The van der Waals surface area contributed by atoms with Crippen LogP contribution in [-0.2, 0) is 0 Å². The summed E-state index contributed by atoms with van der Waals surface area (Å²) in [5.74, 6) is 2.29. The molecule has 1 aliphatic heterocycles. The third kappa shape index (κ3) is 2.79. The highest BCUT2D eigenvalue weighted by atomic mass is 16.5. The lowest BCUT2D eigenvalue weighted by Crippen LogP contribution is -2.19. The second-order valence-corrected chi connectivity index (χ2v) is 5.24. The molecule has 21 heavy (non-hydrogen) atoms. The van der Waals surface area contributed by atoms with Gasteiger partial charge in [0, 0.05) is 42.7 Å². The van der Waals surface area contributed by atoms with Crippen LogP contribution in [0.3, 0.4) is 0 Å². The zero-order valence-electron chi connectivity index (χ0n) is 12.5. The maximum atomic E-state index is 5.51. The van der Waals surface area contributed by atoms with E-state index in [1.807, 2.05) is 24.5 Å². The molecular weight excluding hydrogens is 264 g/mol. The van der Waals surface area contributed by atoms with Crippen molar-refractivity contribution in [3.8, 4) is 11.5 Å². The smallest absolute Gasteiger partial charge is 0.122 e. The number of benzene rings is 1. The summed E-state index contributed by atoms with van der Waals surface area (Å²) < 4.78 is 10.9. The minimum absolute atomic E-state index is 0.461. The molecule has 3 rings (SSSR count). The van der Waals surface area contributed by atoms with Crippen molar-refractivity contribution in [1.29, 1.82) is 0 Å². The number of pyridine rings is 1. The predicted molar refractivity (Wildman–Crippen MR) is 83.4 cm³/mol. The summed E-state index contributed by atoms with van der Waals surface area (Å²) in [5, 5.41) is 0. The van der Waals surface area contributed by atoms with Crippen LogP contribution < -0.4 is 14.4 Å². The van der Waals surface area contributed by atoms with E-state index in [0.29, 0.717) is 5.92 Å². The number of nitrogens with zero attached hydrogens (tertiary/aromatic N) is 2. The van der Waals surface area contributed by atoms with Crippen LogP contribution in [0.25, 0.3) is 0 Å². The second-order valence-electron chi connectivity index (χ2n) is 5.24. The molecular formula is C17H20N2O2. The Labute approximate surface area is 125 Å². The molecule has 0 amide bonds. The molecule has 0 N–H and O–H groups in total. The van der Waals surface area contributed by atoms with E-state index in [2.05, 4.69) is 28.1 Å². The first-order chi connectivity index (χ1) is 10.3. The maximum absolute atomic E-state index is 5.51. The van der Waals surface area contributed by atoms with Gasteiger partial charge < -0.3 is 14.4 Å². The summed E-state index contributed by atoms with van der Waals surface area (Å²) in [7, 11) is 3.42. The normalized spacial score (nSPS) is 17.8. The fourth-order valence-corrected chi connectivity index (χ4v) is 2.96. The molecule has 1 atom stereocenters. The lowest BCUT2D eigenvalue weighted by Gasteiger charge is -2.19. The van der Waals surface area contributed by atoms with Crippen LogP contribution in [0.5, 0.6) is 11.5 Å². The lowest BCUT2D eigenvalue weighted by atomic mass is 9.97. The third-order valence-corrected chi connectivity index (χ3v) is 4.09. The van der Waals surface area contributed by atoms with E-state index in [1.54, 1.807) is 14.2 Å². The number of hydrogen-bond donors (Lipinski definition) is 0. The highest BCUT2D eigenvalue weighted by Gasteiger charge is 2.26. The highest BCUT2D eigenvalue weighted by Crippen LogP contribution is 2.37. The van der Waals surface area contributed by atoms with Gasteiger partial charge in [0.1, 0.15) is 11.5 Å². The van der Waals surface area contributed by atoms with Gasteiger partial charge in [-0.15, -0.1) is 0 Å². The van der Waals surface area contributed by atoms with Gasteiger partial charge >= 0.3 is 0 Å². The first kappa shape index (κ1) is 13.7. The Kier molecular flexibility index (Phi) is 3.95. The van der Waals surface area contributed by atoms with Gasteiger partial charge in [-0.3, -0.25) is 4.98 Å². The predicted octanol–water partition coefficient (Wildman–Crippen LogP) is 3.09. The van der Waals surface area contributed by atoms with Crippen molar-refractivity contribution in [1.82, 2.24) is 4.98 Å². The van der Waals surface area contributed by atoms with Crippen molar-refractivity contribution < 1.29 is 9.47 Å². The Morgan fingerprint density at radius 2 is 1.90 bits per heavy atom. The van der Waals surface area contributed by atoms with E-state index in [9.17, 15) is 0 Å². The average molecular weight is 284 g/mol. The van der Waals surface area contributed by atoms with E-state index in [4.69, 9.17) is 9.47 Å². The fourth-order valence-electron chi connectivity index (χ4n) is 2.96. The summed E-state index contributed by atoms with van der Waals surface area (Å²) in [4.78, 5) is 6.47. The maximum Gasteiger partial charge on any atom is 0.122 e. The van der Waals surface area contributed by atoms with Gasteiger partial charge in [0.05, 0.1) is 14.2 Å². The van der Waals surface area contributed by atoms with Crippen molar-refractivity contribution in [2.24, 2.45) is 0 Å². The highest BCUT2D eigenvalue weighted by molar-refractivity contribution is 5.49. The number of rotatable bonds is 4. The van der Waals surface area contributed by atoms with Gasteiger partial charge in [-0.2, -0.15) is 0 Å². The van der Waals surface area contributed by atoms with Crippen molar-refractivity contribution >= 4 is 5.69 Å². The van der Waals surface area contributed by atoms with Crippen LogP contribution in [0.1, 0.15) is 17.9 Å². The Bertz CT molecular complexity index is 601. The molecule has 0 saturated carbocycles. The first-order valence-electron chi connectivity index (χ1n) is 7.18. The Balaban J connectivity index is 1.83. The number of hydrogen-bond acceptors (Lipinski definition) is 4. The van der Waals surface area contributed by atoms with Crippen LogP contribution in [0.4, 0.5) is 5.69 Å². The molecule has 0 aliphatic carbocycles. The molecule has 4 nitrogen and oxygen atoms in total. The van der Waals surface area contributed by atoms with E-state index in [-0.39, 0.29) is 0 Å². The van der Waals surface area contributed by atoms with Crippen LogP contribution >= 0.6 is 0 Å². The summed E-state index contributed by atoms with van der Waals surface area (Å²) in [5.41, 5.74) is 2.46. The first-order valence-corrected chi connectivity index (χ1v) is 7.18. The molecule has 1 aromatic carbocycles. The third-order valence-electron chi connectivity index (χ3n) is 4.09. The quantitative estimate of drug-likeness (QED) is 0.864. The molecule has 0 bridgehead atoms. The standard InChI is InChI=1S/C17H20N2O2/c1-20-15-3-4-17(21-2)16(11-15)13-7-10-19(12-13)14-5-8-18-9-6-14/h3-6,8-9,11,13H,7,10,12H2,1-2H3/t13-/m1/s1. The number of anilines is 1. The van der Waals surface area contributed by atoms with Gasteiger partial charge in [-0.05, 0) is 36.8 Å². The zero-order valence-corrected chi connectivity index (χ0v) is 12.5. The molecule has 2 heterocycles. The summed E-state index contributed by atoms with van der Waals surface area (Å²) in [6.07, 6.45) is 4.80. The minimum Gasteiger partial charge on any atom is -0.497 e. The van der Waals surface area contributed by atoms with E-state index in [0.717, 1.165) is 31.0 Å². The summed E-state index contributed by atoms with van der Waals surface area (Å²) in [6, 6.07) is 10.1. The Morgan fingerprint density at radius 3 is 2.62 bits per heavy atom. The second kappa shape index (κ2) is 6.04. The summed E-state index contributed by atoms with van der Waals surface area (Å²) in [6.45, 7) is 2.04. The van der Waals surface area contributed by atoms with Crippen LogP contribution in [0, 0.1) is 0 Å². The molecule has 0 radical (unpaired) electrons. The van der Waals surface area contributed by atoms with Crippen molar-refractivity contribution in [2.45, 2.75) is 12.3 Å². The van der Waals surface area contributed by atoms with Crippen LogP contribution in [-0.4, -0.2) is 32.3 Å². The topological polar surface area (TPSA) is 34.6 Å². The van der Waals surface area contributed by atoms with E-state index in [1.165, 1.54) is 11.3 Å². The largest absolute Gasteiger partial charge is 0.497 e. The van der Waals surface area contributed by atoms with Crippen LogP contribution in [0.15, 0.2) is 42.7 Å². The monoisotopic (exact) mass is 284 g/mol. The summed E-state index contributed by atoms with van der Waals surface area (Å²) >= 11 is 0. The van der Waals surface area contributed by atoms with Crippen LogP contribution in [0.2, 0.25) is 0 Å². The van der Waals surface area contributed by atoms with Crippen molar-refractivity contribution in [3.63, 3.8) is 0 Å². The number of methoxy groups -OCH3 is 2. The average Bonchev–Trinajstić information content (AvgIpc) is 3.05. The zero-order chi connectivity index (χ0) is 14.7. The SMILES string of the molecule is COc1ccc(OC)c([C@@H]2CCN(c3ccncc3)C2)c1. The molecule has 1 aliphatic rings. The molecule has 1 aromatic heterocycles. The fraction of sp³-hybridized carbons (Fsp3) is 0.353. The molecule has 0 spiro atoms. The van der Waals surface area contributed by atoms with E-state index >= 15 is 0 Å². The van der Waals surface area contributed by atoms with Gasteiger partial charge in [0.15, 0.2) is 0 Å². The molecule has 1 saturated heterocycles. The number of aromatic nitrogens is 1. The van der Waals surface area contributed by atoms with Crippen molar-refractivity contribution in [2.75, 3.05) is 32.2 Å². The molecule has 1 fully saturated rings. The number of ether oxygens (including phenoxy) is 2. The van der Waals surface area contributed by atoms with E-state index < -0.39 is 0 Å². The van der Waals surface area contributed by atoms with Gasteiger partial charge in [-0.25, -0.2) is 0 Å². The molecule has 0 unspecified atom stereocenters. The lowest BCUT2D eigenvalue weighted by molar-refractivity contribution is 0.396. The van der Waals surface area contributed by atoms with Gasteiger partial charge in [0.2, 0.25) is 0 Å². The van der Waals surface area contributed by atoms with Gasteiger partial charge in [0.25, 0.3) is 0 Å². The molecule has 110 valence electrons. The van der Waals surface area contributed by atoms with Crippen molar-refractivity contribution in [3.05, 3.63) is 48.3 Å². The minimum atomic E-state index is 0.461. The Morgan fingerprint density at radius 1 is 1.10 bits per heavy atom. The molecule has 2 aromatic rings. The molecule has 4 heteroatoms. The van der Waals surface area contributed by atoms with Gasteiger partial charge in [-0.1, -0.05) is 0 Å².